The van der Waals surface area contributed by atoms with Crippen LogP contribution in [-0.2, 0) is 9.84 Å². The zero-order valence-electron chi connectivity index (χ0n) is 13.4. The van der Waals surface area contributed by atoms with E-state index in [-0.39, 0.29) is 11.8 Å². The van der Waals surface area contributed by atoms with Gasteiger partial charge in [0.1, 0.15) is 0 Å². The van der Waals surface area contributed by atoms with E-state index in [4.69, 9.17) is 0 Å². The van der Waals surface area contributed by atoms with E-state index >= 15 is 0 Å². The number of hydrogen-bond acceptors (Lipinski definition) is 3. The first-order chi connectivity index (χ1) is 9.94. The van der Waals surface area contributed by atoms with E-state index in [1.54, 1.807) is 6.07 Å². The van der Waals surface area contributed by atoms with Gasteiger partial charge in [-0.25, -0.2) is 8.42 Å². The molecule has 1 N–H and O–H groups in total. The molecule has 118 valence electrons. The third-order valence-electron chi connectivity index (χ3n) is 4.67. The van der Waals surface area contributed by atoms with Gasteiger partial charge in [0.2, 0.25) is 0 Å². The lowest BCUT2D eigenvalue weighted by Gasteiger charge is -2.24. The minimum absolute atomic E-state index is 0.0871. The predicted octanol–water partition coefficient (Wildman–Crippen LogP) is 3.25. The first-order valence-electron chi connectivity index (χ1n) is 7.97. The fourth-order valence-electron chi connectivity index (χ4n) is 3.22. The number of rotatable bonds is 6. The van der Waals surface area contributed by atoms with Gasteiger partial charge in [-0.3, -0.25) is 0 Å². The molecule has 1 aliphatic carbocycles. The van der Waals surface area contributed by atoms with Gasteiger partial charge in [0.05, 0.1) is 10.6 Å². The fourth-order valence-corrected chi connectivity index (χ4v) is 4.91. The van der Waals surface area contributed by atoms with Gasteiger partial charge in [0.15, 0.2) is 9.84 Å². The number of benzene rings is 1. The van der Waals surface area contributed by atoms with Crippen LogP contribution in [0.1, 0.15) is 43.7 Å². The van der Waals surface area contributed by atoms with Crippen LogP contribution < -0.4 is 5.32 Å². The van der Waals surface area contributed by atoms with Crippen LogP contribution in [0.5, 0.6) is 0 Å². The Balaban J connectivity index is 2.18. The van der Waals surface area contributed by atoms with E-state index in [1.165, 1.54) is 12.8 Å². The smallest absolute Gasteiger partial charge is 0.179 e. The van der Waals surface area contributed by atoms with Crippen molar-refractivity contribution >= 4 is 9.84 Å². The Morgan fingerprint density at radius 2 is 1.86 bits per heavy atom. The number of sulfone groups is 1. The monoisotopic (exact) mass is 309 g/mol. The number of aryl methyl sites for hydroxylation is 2. The van der Waals surface area contributed by atoms with E-state index in [0.29, 0.717) is 10.8 Å². The van der Waals surface area contributed by atoms with Crippen molar-refractivity contribution in [2.75, 3.05) is 12.3 Å². The maximum absolute atomic E-state index is 12.7. The molecule has 1 atom stereocenters. The molecule has 0 heterocycles. The fraction of sp³-hybridized carbons (Fsp3) is 0.647. The SMILES string of the molecule is CCNC(CS(=O)(=O)c1ccc(C)c(C)c1)C1CCCC1. The third kappa shape index (κ3) is 4.07. The van der Waals surface area contributed by atoms with Gasteiger partial charge in [0, 0.05) is 6.04 Å². The highest BCUT2D eigenvalue weighted by Crippen LogP contribution is 2.29. The Bertz CT molecular complexity index is 574. The molecule has 0 spiro atoms. The van der Waals surface area contributed by atoms with Crippen molar-refractivity contribution in [3.05, 3.63) is 29.3 Å². The molecule has 1 aromatic carbocycles. The van der Waals surface area contributed by atoms with Gasteiger partial charge >= 0.3 is 0 Å². The normalized spacial score (nSPS) is 18.0. The van der Waals surface area contributed by atoms with Gasteiger partial charge in [-0.15, -0.1) is 0 Å². The van der Waals surface area contributed by atoms with E-state index in [2.05, 4.69) is 5.32 Å². The van der Waals surface area contributed by atoms with Gasteiger partial charge in [-0.1, -0.05) is 25.8 Å². The van der Waals surface area contributed by atoms with Crippen molar-refractivity contribution in [2.24, 2.45) is 5.92 Å². The highest BCUT2D eigenvalue weighted by atomic mass is 32.2. The van der Waals surface area contributed by atoms with Crippen molar-refractivity contribution in [3.8, 4) is 0 Å². The van der Waals surface area contributed by atoms with Crippen LogP contribution in [0.4, 0.5) is 0 Å². The molecular formula is C17H27NO2S. The zero-order valence-corrected chi connectivity index (χ0v) is 14.2. The highest BCUT2D eigenvalue weighted by Gasteiger charge is 2.29. The number of hydrogen-bond donors (Lipinski definition) is 1. The van der Waals surface area contributed by atoms with Crippen molar-refractivity contribution in [3.63, 3.8) is 0 Å². The summed E-state index contributed by atoms with van der Waals surface area (Å²) in [5.41, 5.74) is 2.17. The molecule has 0 bridgehead atoms. The maximum atomic E-state index is 12.7. The average molecular weight is 309 g/mol. The van der Waals surface area contributed by atoms with Gasteiger partial charge in [-0.2, -0.15) is 0 Å². The molecule has 4 heteroatoms. The van der Waals surface area contributed by atoms with Crippen LogP contribution in [0, 0.1) is 19.8 Å². The Labute approximate surface area is 129 Å². The molecule has 1 aromatic rings. The van der Waals surface area contributed by atoms with Crippen LogP contribution in [0.3, 0.4) is 0 Å². The van der Waals surface area contributed by atoms with Crippen molar-refractivity contribution in [1.29, 1.82) is 0 Å². The second-order valence-corrected chi connectivity index (χ2v) is 8.27. The summed E-state index contributed by atoms with van der Waals surface area (Å²) < 4.78 is 25.4. The summed E-state index contributed by atoms with van der Waals surface area (Å²) in [6.07, 6.45) is 4.77. The minimum atomic E-state index is -3.22. The summed E-state index contributed by atoms with van der Waals surface area (Å²) in [7, 11) is -3.22. The lowest BCUT2D eigenvalue weighted by molar-refractivity contribution is 0.389. The molecule has 1 unspecified atom stereocenters. The van der Waals surface area contributed by atoms with E-state index in [9.17, 15) is 8.42 Å². The van der Waals surface area contributed by atoms with Gasteiger partial charge in [-0.05, 0) is 62.4 Å². The summed E-state index contributed by atoms with van der Waals surface area (Å²) >= 11 is 0. The molecule has 0 aliphatic heterocycles. The first kappa shape index (κ1) is 16.5. The standard InChI is InChI=1S/C17H27NO2S/c1-4-18-17(15-7-5-6-8-15)12-21(19,20)16-10-9-13(2)14(3)11-16/h9-11,15,17-18H,4-8,12H2,1-3H3. The zero-order chi connectivity index (χ0) is 15.5. The molecule has 0 aromatic heterocycles. The third-order valence-corrected chi connectivity index (χ3v) is 6.44. The average Bonchev–Trinajstić information content (AvgIpc) is 2.95. The molecule has 3 nitrogen and oxygen atoms in total. The molecule has 1 aliphatic rings. The molecule has 0 saturated heterocycles. The Morgan fingerprint density at radius 3 is 2.43 bits per heavy atom. The summed E-state index contributed by atoms with van der Waals surface area (Å²) in [6, 6.07) is 5.54. The van der Waals surface area contributed by atoms with Crippen LogP contribution in [0.2, 0.25) is 0 Å². The molecule has 1 fully saturated rings. The lowest BCUT2D eigenvalue weighted by atomic mass is 10.00. The van der Waals surface area contributed by atoms with E-state index in [1.807, 2.05) is 32.9 Å². The molecule has 2 rings (SSSR count). The summed E-state index contributed by atoms with van der Waals surface area (Å²) in [5.74, 6) is 0.722. The summed E-state index contributed by atoms with van der Waals surface area (Å²) in [5, 5.41) is 3.40. The van der Waals surface area contributed by atoms with Crippen molar-refractivity contribution in [1.82, 2.24) is 5.32 Å². The van der Waals surface area contributed by atoms with Gasteiger partial charge < -0.3 is 5.32 Å². The van der Waals surface area contributed by atoms with Crippen LogP contribution in [0.15, 0.2) is 23.1 Å². The Kier molecular flexibility index (Phi) is 5.44. The number of nitrogens with one attached hydrogen (secondary N) is 1. The largest absolute Gasteiger partial charge is 0.313 e. The maximum Gasteiger partial charge on any atom is 0.179 e. The lowest BCUT2D eigenvalue weighted by Crippen LogP contribution is -2.40. The second-order valence-electron chi connectivity index (χ2n) is 6.24. The summed E-state index contributed by atoms with van der Waals surface area (Å²) in [6.45, 7) is 6.84. The topological polar surface area (TPSA) is 46.2 Å². The second kappa shape index (κ2) is 6.93. The molecule has 0 amide bonds. The summed E-state index contributed by atoms with van der Waals surface area (Å²) in [4.78, 5) is 0.464. The van der Waals surface area contributed by atoms with E-state index in [0.717, 1.165) is 30.5 Å². The Morgan fingerprint density at radius 1 is 1.19 bits per heavy atom. The molecular weight excluding hydrogens is 282 g/mol. The predicted molar refractivity (Wildman–Crippen MR) is 87.4 cm³/mol. The quantitative estimate of drug-likeness (QED) is 0.877. The van der Waals surface area contributed by atoms with Crippen LogP contribution in [-0.4, -0.2) is 26.8 Å². The van der Waals surface area contributed by atoms with Crippen LogP contribution >= 0.6 is 0 Å². The molecule has 21 heavy (non-hydrogen) atoms. The van der Waals surface area contributed by atoms with Crippen molar-refractivity contribution in [2.45, 2.75) is 57.4 Å². The molecule has 0 radical (unpaired) electrons. The van der Waals surface area contributed by atoms with Crippen molar-refractivity contribution < 1.29 is 8.42 Å². The first-order valence-corrected chi connectivity index (χ1v) is 9.62. The minimum Gasteiger partial charge on any atom is -0.313 e. The Hall–Kier alpha value is -0.870. The van der Waals surface area contributed by atoms with E-state index < -0.39 is 9.84 Å². The molecule has 1 saturated carbocycles. The van der Waals surface area contributed by atoms with Gasteiger partial charge in [0.25, 0.3) is 0 Å². The highest BCUT2D eigenvalue weighted by molar-refractivity contribution is 7.91. The van der Waals surface area contributed by atoms with Crippen LogP contribution in [0.25, 0.3) is 0 Å².